The quantitative estimate of drug-likeness (QED) is 0.858. The van der Waals surface area contributed by atoms with Crippen molar-refractivity contribution in [1.82, 2.24) is 0 Å². The fraction of sp³-hybridized carbons (Fsp3) is 0.300. The Morgan fingerprint density at radius 2 is 1.83 bits per heavy atom. The predicted octanol–water partition coefficient (Wildman–Crippen LogP) is 2.15. The molecule has 1 unspecified atom stereocenters. The Morgan fingerprint density at radius 1 is 1.33 bits per heavy atom. The van der Waals surface area contributed by atoms with Crippen LogP contribution in [0.5, 0.6) is 0 Å². The Labute approximate surface area is 102 Å². The van der Waals surface area contributed by atoms with Gasteiger partial charge >= 0.3 is 0 Å². The van der Waals surface area contributed by atoms with Crippen LogP contribution in [-0.2, 0) is 10.0 Å². The van der Waals surface area contributed by atoms with Gasteiger partial charge in [-0.15, -0.1) is 0 Å². The van der Waals surface area contributed by atoms with Gasteiger partial charge in [0.2, 0.25) is 10.0 Å². The van der Waals surface area contributed by atoms with Gasteiger partial charge in [-0.05, 0) is 6.42 Å². The van der Waals surface area contributed by atoms with Crippen molar-refractivity contribution < 1.29 is 21.6 Å². The van der Waals surface area contributed by atoms with Gasteiger partial charge < -0.3 is 0 Å². The average Bonchev–Trinajstić information content (AvgIpc) is 2.26. The normalized spacial score (nSPS) is 12.8. The lowest BCUT2D eigenvalue weighted by molar-refractivity contribution is 0.448. The number of nitriles is 1. The number of rotatable bonds is 4. The van der Waals surface area contributed by atoms with E-state index in [2.05, 4.69) is 0 Å². The highest BCUT2D eigenvalue weighted by molar-refractivity contribution is 7.93. The van der Waals surface area contributed by atoms with Crippen molar-refractivity contribution in [3.05, 3.63) is 29.6 Å². The van der Waals surface area contributed by atoms with E-state index in [-0.39, 0.29) is 6.42 Å². The predicted molar refractivity (Wildman–Crippen MR) is 58.6 cm³/mol. The summed E-state index contributed by atoms with van der Waals surface area (Å²) in [6.45, 7) is 1.47. The van der Waals surface area contributed by atoms with Crippen molar-refractivity contribution in [1.29, 1.82) is 5.26 Å². The van der Waals surface area contributed by atoms with Gasteiger partial charge in [0.1, 0.15) is 0 Å². The topological polar surface area (TPSA) is 70.0 Å². The Balaban J connectivity index is 3.10. The number of sulfonamides is 1. The number of hydrogen-bond donors (Lipinski definition) is 1. The van der Waals surface area contributed by atoms with E-state index in [0.717, 1.165) is 0 Å². The van der Waals surface area contributed by atoms with E-state index in [1.165, 1.54) is 6.92 Å². The van der Waals surface area contributed by atoms with Crippen molar-refractivity contribution >= 4 is 15.7 Å². The highest BCUT2D eigenvalue weighted by Gasteiger charge is 2.24. The number of halogens is 3. The van der Waals surface area contributed by atoms with E-state index in [9.17, 15) is 21.6 Å². The lowest BCUT2D eigenvalue weighted by atomic mass is 10.3. The molecule has 0 saturated heterocycles. The van der Waals surface area contributed by atoms with Crippen LogP contribution < -0.4 is 4.72 Å². The third-order valence-corrected chi connectivity index (χ3v) is 3.84. The van der Waals surface area contributed by atoms with E-state index >= 15 is 0 Å². The van der Waals surface area contributed by atoms with Gasteiger partial charge in [0.15, 0.2) is 22.7 Å². The van der Waals surface area contributed by atoms with Crippen LogP contribution in [0.1, 0.15) is 13.3 Å². The summed E-state index contributed by atoms with van der Waals surface area (Å²) in [7, 11) is -4.09. The van der Waals surface area contributed by atoms with Gasteiger partial charge in [-0.1, -0.05) is 6.92 Å². The molecule has 0 radical (unpaired) electrons. The molecule has 0 aliphatic heterocycles. The zero-order valence-corrected chi connectivity index (χ0v) is 10.1. The van der Waals surface area contributed by atoms with E-state index < -0.39 is 38.4 Å². The second-order valence-electron chi connectivity index (χ2n) is 3.43. The number of benzene rings is 1. The first-order chi connectivity index (χ1) is 8.31. The maximum atomic E-state index is 12.9. The molecular weight excluding hydrogens is 269 g/mol. The highest BCUT2D eigenvalue weighted by atomic mass is 32.2. The Morgan fingerprint density at radius 3 is 2.22 bits per heavy atom. The molecule has 1 aromatic carbocycles. The van der Waals surface area contributed by atoms with Crippen LogP contribution in [-0.4, -0.2) is 13.7 Å². The van der Waals surface area contributed by atoms with Gasteiger partial charge in [0.05, 0.1) is 11.8 Å². The van der Waals surface area contributed by atoms with Crippen LogP contribution in [0, 0.1) is 28.8 Å². The highest BCUT2D eigenvalue weighted by Crippen LogP contribution is 2.19. The van der Waals surface area contributed by atoms with Crippen LogP contribution in [0.4, 0.5) is 18.9 Å². The van der Waals surface area contributed by atoms with Crippen LogP contribution in [0.25, 0.3) is 0 Å². The molecule has 1 atom stereocenters. The molecule has 0 fully saturated rings. The molecule has 98 valence electrons. The summed E-state index contributed by atoms with van der Waals surface area (Å²) in [4.78, 5) is 0. The SMILES string of the molecule is CCC(C#N)S(=O)(=O)Nc1cc(F)c(F)c(F)c1. The minimum atomic E-state index is -4.09. The van der Waals surface area contributed by atoms with E-state index in [1.807, 2.05) is 4.72 Å². The average molecular weight is 278 g/mol. The maximum absolute atomic E-state index is 12.9. The minimum Gasteiger partial charge on any atom is -0.282 e. The number of nitrogens with one attached hydrogen (secondary N) is 1. The Hall–Kier alpha value is -1.75. The molecule has 0 bridgehead atoms. The fourth-order valence-corrected chi connectivity index (χ4v) is 2.40. The third-order valence-electron chi connectivity index (χ3n) is 2.13. The molecule has 8 heteroatoms. The molecule has 0 heterocycles. The van der Waals surface area contributed by atoms with E-state index in [4.69, 9.17) is 5.26 Å². The van der Waals surface area contributed by atoms with Crippen LogP contribution in [0.3, 0.4) is 0 Å². The maximum Gasteiger partial charge on any atom is 0.249 e. The number of nitrogens with zero attached hydrogens (tertiary/aromatic N) is 1. The second-order valence-corrected chi connectivity index (χ2v) is 5.29. The summed E-state index contributed by atoms with van der Waals surface area (Å²) < 4.78 is 63.4. The molecular formula is C10H9F3N2O2S. The summed E-state index contributed by atoms with van der Waals surface area (Å²) in [6, 6.07) is 2.54. The summed E-state index contributed by atoms with van der Waals surface area (Å²) in [5.41, 5.74) is -0.472. The van der Waals surface area contributed by atoms with Gasteiger partial charge in [-0.25, -0.2) is 21.6 Å². The van der Waals surface area contributed by atoms with Crippen molar-refractivity contribution in [2.24, 2.45) is 0 Å². The molecule has 0 amide bonds. The standard InChI is InChI=1S/C10H9F3N2O2S/c1-2-7(5-14)18(16,17)15-6-3-8(11)10(13)9(12)4-6/h3-4,7,15H,2H2,1H3. The van der Waals surface area contributed by atoms with Gasteiger partial charge in [-0.2, -0.15) is 5.26 Å². The monoisotopic (exact) mass is 278 g/mol. The summed E-state index contributed by atoms with van der Waals surface area (Å²) >= 11 is 0. The molecule has 1 N–H and O–H groups in total. The van der Waals surface area contributed by atoms with Crippen molar-refractivity contribution in [3.8, 4) is 6.07 Å². The first kappa shape index (κ1) is 14.3. The molecule has 0 spiro atoms. The largest absolute Gasteiger partial charge is 0.282 e. The smallest absolute Gasteiger partial charge is 0.249 e. The molecule has 1 rings (SSSR count). The molecule has 0 saturated carbocycles. The van der Waals surface area contributed by atoms with Crippen LogP contribution in [0.2, 0.25) is 0 Å². The molecule has 18 heavy (non-hydrogen) atoms. The number of anilines is 1. The number of hydrogen-bond acceptors (Lipinski definition) is 3. The first-order valence-corrected chi connectivity index (χ1v) is 6.42. The van der Waals surface area contributed by atoms with E-state index in [1.54, 1.807) is 6.07 Å². The molecule has 0 aromatic heterocycles. The molecule has 1 aromatic rings. The van der Waals surface area contributed by atoms with Crippen molar-refractivity contribution in [3.63, 3.8) is 0 Å². The van der Waals surface area contributed by atoms with E-state index in [0.29, 0.717) is 12.1 Å². The van der Waals surface area contributed by atoms with Gasteiger partial charge in [-0.3, -0.25) is 4.72 Å². The third kappa shape index (κ3) is 2.92. The lowest BCUT2D eigenvalue weighted by Crippen LogP contribution is -2.26. The van der Waals surface area contributed by atoms with Gasteiger partial charge in [0, 0.05) is 12.1 Å². The van der Waals surface area contributed by atoms with Gasteiger partial charge in [0.25, 0.3) is 0 Å². The summed E-state index contributed by atoms with van der Waals surface area (Å²) in [6.07, 6.45) is 0.0119. The summed E-state index contributed by atoms with van der Waals surface area (Å²) in [5, 5.41) is 7.26. The Bertz CT molecular complexity index is 573. The van der Waals surface area contributed by atoms with Crippen LogP contribution >= 0.6 is 0 Å². The summed E-state index contributed by atoms with van der Waals surface area (Å²) in [5.74, 6) is -4.72. The van der Waals surface area contributed by atoms with Crippen molar-refractivity contribution in [2.75, 3.05) is 4.72 Å². The molecule has 0 aliphatic rings. The Kier molecular flexibility index (Phi) is 4.19. The molecule has 4 nitrogen and oxygen atoms in total. The minimum absolute atomic E-state index is 0.0119. The van der Waals surface area contributed by atoms with Crippen molar-refractivity contribution in [2.45, 2.75) is 18.6 Å². The van der Waals surface area contributed by atoms with Crippen LogP contribution in [0.15, 0.2) is 12.1 Å². The second kappa shape index (κ2) is 5.27. The lowest BCUT2D eigenvalue weighted by Gasteiger charge is -2.11. The fourth-order valence-electron chi connectivity index (χ4n) is 1.23. The molecule has 0 aliphatic carbocycles. The first-order valence-electron chi connectivity index (χ1n) is 4.87. The zero-order valence-electron chi connectivity index (χ0n) is 9.25. The zero-order chi connectivity index (χ0) is 13.9.